The Morgan fingerprint density at radius 2 is 1.87 bits per heavy atom. The van der Waals surface area contributed by atoms with E-state index in [4.69, 9.17) is 0 Å². The highest BCUT2D eigenvalue weighted by atomic mass is 19.1. The summed E-state index contributed by atoms with van der Waals surface area (Å²) in [5.74, 6) is -1.18. The lowest BCUT2D eigenvalue weighted by Crippen LogP contribution is -1.90. The maximum Gasteiger partial charge on any atom is 0.134 e. The first kappa shape index (κ1) is 9.90. The molecule has 0 radical (unpaired) electrons. The number of phenols is 1. The molecule has 0 spiro atoms. The highest BCUT2D eigenvalue weighted by Gasteiger charge is 2.09. The summed E-state index contributed by atoms with van der Waals surface area (Å²) in [7, 11) is 0. The lowest BCUT2D eigenvalue weighted by Gasteiger charge is -2.07. The standard InChI is InChI=1S/C12H10F2O/c1-2-7-4-10(15)5-8-3-9(13)6-11(14)12(7)8/h3-6,15H,2H2,1H3. The Labute approximate surface area is 86.0 Å². The van der Waals surface area contributed by atoms with E-state index in [0.29, 0.717) is 22.8 Å². The van der Waals surface area contributed by atoms with Crippen molar-refractivity contribution in [1.29, 1.82) is 0 Å². The molecule has 0 aromatic heterocycles. The number of phenolic OH excluding ortho intramolecular Hbond substituents is 1. The van der Waals surface area contributed by atoms with E-state index >= 15 is 0 Å². The zero-order chi connectivity index (χ0) is 11.0. The van der Waals surface area contributed by atoms with Crippen LogP contribution in [0.2, 0.25) is 0 Å². The summed E-state index contributed by atoms with van der Waals surface area (Å²) < 4.78 is 26.4. The van der Waals surface area contributed by atoms with E-state index in [2.05, 4.69) is 0 Å². The first-order valence-corrected chi connectivity index (χ1v) is 4.72. The molecule has 0 bridgehead atoms. The van der Waals surface area contributed by atoms with Crippen LogP contribution in [0.3, 0.4) is 0 Å². The van der Waals surface area contributed by atoms with E-state index < -0.39 is 11.6 Å². The van der Waals surface area contributed by atoms with Gasteiger partial charge in [0.15, 0.2) is 0 Å². The van der Waals surface area contributed by atoms with E-state index in [1.807, 2.05) is 6.92 Å². The minimum Gasteiger partial charge on any atom is -0.508 e. The molecule has 0 amide bonds. The third kappa shape index (κ3) is 1.65. The van der Waals surface area contributed by atoms with Crippen molar-refractivity contribution in [1.82, 2.24) is 0 Å². The van der Waals surface area contributed by atoms with Gasteiger partial charge in [-0.15, -0.1) is 0 Å². The minimum atomic E-state index is -0.632. The number of hydrogen-bond acceptors (Lipinski definition) is 1. The highest BCUT2D eigenvalue weighted by Crippen LogP contribution is 2.28. The zero-order valence-corrected chi connectivity index (χ0v) is 8.22. The van der Waals surface area contributed by atoms with E-state index in [-0.39, 0.29) is 5.75 Å². The molecule has 2 aromatic carbocycles. The normalized spacial score (nSPS) is 10.9. The topological polar surface area (TPSA) is 20.2 Å². The molecule has 0 saturated carbocycles. The number of aryl methyl sites for hydroxylation is 1. The molecule has 2 aromatic rings. The minimum absolute atomic E-state index is 0.0318. The number of rotatable bonds is 1. The molecule has 0 unspecified atom stereocenters. The smallest absolute Gasteiger partial charge is 0.134 e. The summed E-state index contributed by atoms with van der Waals surface area (Å²) in [6, 6.07) is 4.94. The lowest BCUT2D eigenvalue weighted by molar-refractivity contribution is 0.475. The van der Waals surface area contributed by atoms with Gasteiger partial charge < -0.3 is 5.11 Å². The van der Waals surface area contributed by atoms with Crippen LogP contribution in [-0.2, 0) is 6.42 Å². The van der Waals surface area contributed by atoms with Crippen LogP contribution in [0.1, 0.15) is 12.5 Å². The van der Waals surface area contributed by atoms with Gasteiger partial charge in [-0.1, -0.05) is 6.92 Å². The molecule has 78 valence electrons. The summed E-state index contributed by atoms with van der Waals surface area (Å²) in [5, 5.41) is 10.2. The van der Waals surface area contributed by atoms with E-state index in [0.717, 1.165) is 6.07 Å². The summed E-state index contributed by atoms with van der Waals surface area (Å²) in [5.41, 5.74) is 0.683. The number of benzene rings is 2. The van der Waals surface area contributed by atoms with Gasteiger partial charge in [0, 0.05) is 11.5 Å². The molecule has 0 aliphatic carbocycles. The quantitative estimate of drug-likeness (QED) is 0.761. The van der Waals surface area contributed by atoms with Crippen molar-refractivity contribution in [3.8, 4) is 5.75 Å². The van der Waals surface area contributed by atoms with Crippen LogP contribution in [0.5, 0.6) is 5.75 Å². The average molecular weight is 208 g/mol. The van der Waals surface area contributed by atoms with Gasteiger partial charge in [0.05, 0.1) is 0 Å². The van der Waals surface area contributed by atoms with Gasteiger partial charge >= 0.3 is 0 Å². The molecule has 0 fully saturated rings. The zero-order valence-electron chi connectivity index (χ0n) is 8.22. The Morgan fingerprint density at radius 1 is 1.13 bits per heavy atom. The molecule has 3 heteroatoms. The SMILES string of the molecule is CCc1cc(O)cc2cc(F)cc(F)c12. The fourth-order valence-corrected chi connectivity index (χ4v) is 1.78. The molecule has 0 aliphatic rings. The van der Waals surface area contributed by atoms with Gasteiger partial charge in [-0.05, 0) is 35.6 Å². The van der Waals surface area contributed by atoms with Gasteiger partial charge in [0.2, 0.25) is 0 Å². The van der Waals surface area contributed by atoms with Gasteiger partial charge in [-0.2, -0.15) is 0 Å². The van der Waals surface area contributed by atoms with Crippen molar-refractivity contribution in [2.75, 3.05) is 0 Å². The van der Waals surface area contributed by atoms with Gasteiger partial charge in [-0.3, -0.25) is 0 Å². The second-order valence-corrected chi connectivity index (χ2v) is 3.44. The third-order valence-electron chi connectivity index (χ3n) is 2.41. The van der Waals surface area contributed by atoms with Gasteiger partial charge in [0.25, 0.3) is 0 Å². The van der Waals surface area contributed by atoms with Crippen LogP contribution in [0.15, 0.2) is 24.3 Å². The molecule has 0 saturated heterocycles. The van der Waals surface area contributed by atoms with Crippen molar-refractivity contribution in [2.45, 2.75) is 13.3 Å². The lowest BCUT2D eigenvalue weighted by atomic mass is 10.0. The molecule has 0 heterocycles. The molecule has 1 N–H and O–H groups in total. The first-order valence-electron chi connectivity index (χ1n) is 4.72. The second-order valence-electron chi connectivity index (χ2n) is 3.44. The molecule has 15 heavy (non-hydrogen) atoms. The Hall–Kier alpha value is -1.64. The van der Waals surface area contributed by atoms with Gasteiger partial charge in [0.1, 0.15) is 17.4 Å². The number of halogens is 2. The molecule has 2 rings (SSSR count). The van der Waals surface area contributed by atoms with Crippen molar-refractivity contribution in [3.05, 3.63) is 41.5 Å². The largest absolute Gasteiger partial charge is 0.508 e. The number of aromatic hydroxyl groups is 1. The van der Waals surface area contributed by atoms with Crippen LogP contribution < -0.4 is 0 Å². The number of fused-ring (bicyclic) bond motifs is 1. The fourth-order valence-electron chi connectivity index (χ4n) is 1.78. The Bertz CT molecular complexity index is 515. The van der Waals surface area contributed by atoms with Gasteiger partial charge in [-0.25, -0.2) is 8.78 Å². The first-order chi connectivity index (χ1) is 7.11. The van der Waals surface area contributed by atoms with Crippen LogP contribution in [0.25, 0.3) is 10.8 Å². The monoisotopic (exact) mass is 208 g/mol. The summed E-state index contributed by atoms with van der Waals surface area (Å²) >= 11 is 0. The maximum atomic E-state index is 13.5. The highest BCUT2D eigenvalue weighted by molar-refractivity contribution is 5.87. The summed E-state index contributed by atoms with van der Waals surface area (Å²) in [6.07, 6.45) is 0.591. The Balaban J connectivity index is 2.90. The fraction of sp³-hybridized carbons (Fsp3) is 0.167. The van der Waals surface area contributed by atoms with Crippen molar-refractivity contribution in [2.24, 2.45) is 0 Å². The van der Waals surface area contributed by atoms with E-state index in [9.17, 15) is 13.9 Å². The number of hydrogen-bond donors (Lipinski definition) is 1. The summed E-state index contributed by atoms with van der Waals surface area (Å²) in [6.45, 7) is 1.86. The average Bonchev–Trinajstić information content (AvgIpc) is 2.14. The van der Waals surface area contributed by atoms with Crippen LogP contribution >= 0.6 is 0 Å². The predicted molar refractivity (Wildman–Crippen MR) is 54.9 cm³/mol. The third-order valence-corrected chi connectivity index (χ3v) is 2.41. The van der Waals surface area contributed by atoms with Crippen molar-refractivity contribution < 1.29 is 13.9 Å². The molecule has 0 aliphatic heterocycles. The predicted octanol–water partition coefficient (Wildman–Crippen LogP) is 3.39. The van der Waals surface area contributed by atoms with E-state index in [1.54, 1.807) is 0 Å². The molecule has 0 atom stereocenters. The summed E-state index contributed by atoms with van der Waals surface area (Å²) in [4.78, 5) is 0. The Morgan fingerprint density at radius 3 is 2.53 bits per heavy atom. The van der Waals surface area contributed by atoms with Crippen LogP contribution in [0, 0.1) is 11.6 Å². The van der Waals surface area contributed by atoms with E-state index in [1.165, 1.54) is 18.2 Å². The second kappa shape index (κ2) is 3.50. The van der Waals surface area contributed by atoms with Crippen LogP contribution in [0.4, 0.5) is 8.78 Å². The van der Waals surface area contributed by atoms with Crippen molar-refractivity contribution in [3.63, 3.8) is 0 Å². The molecular weight excluding hydrogens is 198 g/mol. The Kier molecular flexibility index (Phi) is 2.31. The maximum absolute atomic E-state index is 13.5. The molecular formula is C12H10F2O. The van der Waals surface area contributed by atoms with Crippen LogP contribution in [-0.4, -0.2) is 5.11 Å². The van der Waals surface area contributed by atoms with Crippen molar-refractivity contribution >= 4 is 10.8 Å². The molecule has 1 nitrogen and oxygen atoms in total.